The van der Waals surface area contributed by atoms with E-state index in [-0.39, 0.29) is 10.1 Å². The van der Waals surface area contributed by atoms with E-state index in [1.807, 2.05) is 0 Å². The molecule has 0 spiro atoms. The van der Waals surface area contributed by atoms with E-state index in [0.717, 1.165) is 11.8 Å². The van der Waals surface area contributed by atoms with Gasteiger partial charge in [-0.1, -0.05) is 6.92 Å². The zero-order valence-corrected chi connectivity index (χ0v) is 11.3. The molecule has 0 radical (unpaired) electrons. The first kappa shape index (κ1) is 16.0. The van der Waals surface area contributed by atoms with Gasteiger partial charge in [0.15, 0.2) is 0 Å². The van der Waals surface area contributed by atoms with Crippen molar-refractivity contribution in [1.82, 2.24) is 4.98 Å². The van der Waals surface area contributed by atoms with Gasteiger partial charge in [-0.25, -0.2) is 4.98 Å². The molecule has 9 heteroatoms. The lowest BCUT2D eigenvalue weighted by Gasteiger charge is -2.11. The maximum atomic E-state index is 12.5. The highest BCUT2D eigenvalue weighted by Gasteiger charge is 2.34. The number of hydrogen-bond acceptors (Lipinski definition) is 4. The molecule has 4 nitrogen and oxygen atoms in total. The zero-order valence-electron chi connectivity index (χ0n) is 9.78. The van der Waals surface area contributed by atoms with Crippen molar-refractivity contribution in [2.75, 3.05) is 5.88 Å². The molecule has 1 aromatic rings. The number of hydrogen-bond donors (Lipinski definition) is 0. The molecule has 106 valence electrons. The van der Waals surface area contributed by atoms with Crippen molar-refractivity contribution < 1.29 is 18.1 Å². The van der Waals surface area contributed by atoms with Crippen molar-refractivity contribution >= 4 is 29.1 Å². The molecule has 1 rings (SSSR count). The van der Waals surface area contributed by atoms with Crippen LogP contribution in [0.25, 0.3) is 0 Å². The predicted molar refractivity (Wildman–Crippen MR) is 66.5 cm³/mol. The largest absolute Gasteiger partial charge is 0.433 e. The summed E-state index contributed by atoms with van der Waals surface area (Å²) in [6, 6.07) is 0.702. The molecule has 1 aromatic heterocycles. The first-order valence-electron chi connectivity index (χ1n) is 5.20. The van der Waals surface area contributed by atoms with Gasteiger partial charge in [0, 0.05) is 11.1 Å². The van der Waals surface area contributed by atoms with Crippen LogP contribution in [0.15, 0.2) is 17.2 Å². The molecule has 0 saturated heterocycles. The highest BCUT2D eigenvalue weighted by Crippen LogP contribution is 2.37. The van der Waals surface area contributed by atoms with Crippen LogP contribution in [0.4, 0.5) is 18.9 Å². The first-order chi connectivity index (χ1) is 8.75. The summed E-state index contributed by atoms with van der Waals surface area (Å²) in [7, 11) is 0. The van der Waals surface area contributed by atoms with Gasteiger partial charge in [0.2, 0.25) is 0 Å². The highest BCUT2D eigenvalue weighted by molar-refractivity contribution is 8.00. The second-order valence-corrected chi connectivity index (χ2v) is 5.56. The minimum atomic E-state index is -4.62. The molecule has 0 aliphatic rings. The topological polar surface area (TPSA) is 56.0 Å². The van der Waals surface area contributed by atoms with Crippen LogP contribution in [-0.2, 0) is 6.18 Å². The first-order valence-corrected chi connectivity index (χ1v) is 6.61. The number of aromatic nitrogens is 1. The third-order valence-electron chi connectivity index (χ3n) is 2.18. The van der Waals surface area contributed by atoms with Crippen molar-refractivity contribution in [1.29, 1.82) is 0 Å². The fourth-order valence-corrected chi connectivity index (χ4v) is 2.80. The quantitative estimate of drug-likeness (QED) is 0.355. The van der Waals surface area contributed by atoms with Crippen LogP contribution >= 0.6 is 23.4 Å². The third kappa shape index (κ3) is 4.54. The Morgan fingerprint density at radius 1 is 1.58 bits per heavy atom. The average Bonchev–Trinajstić information content (AvgIpc) is 2.27. The smallest absolute Gasteiger partial charge is 0.258 e. The maximum absolute atomic E-state index is 12.5. The van der Waals surface area contributed by atoms with Crippen molar-refractivity contribution in [3.8, 4) is 0 Å². The normalized spacial score (nSPS) is 13.3. The SMILES string of the molecule is CC(CCCl)Sc1cc(C(F)(F)F)ncc1[N+](=O)[O-]. The summed E-state index contributed by atoms with van der Waals surface area (Å²) in [5, 5.41) is 10.6. The fraction of sp³-hybridized carbons (Fsp3) is 0.500. The monoisotopic (exact) mass is 314 g/mol. The molecule has 0 amide bonds. The van der Waals surface area contributed by atoms with Crippen LogP contribution in [0, 0.1) is 10.1 Å². The number of halogens is 4. The molecule has 19 heavy (non-hydrogen) atoms. The number of rotatable bonds is 5. The summed E-state index contributed by atoms with van der Waals surface area (Å²) in [6.45, 7) is 1.74. The van der Waals surface area contributed by atoms with E-state index < -0.39 is 22.5 Å². The summed E-state index contributed by atoms with van der Waals surface area (Å²) in [6.07, 6.45) is -3.45. The highest BCUT2D eigenvalue weighted by atomic mass is 35.5. The molecule has 1 unspecified atom stereocenters. The summed E-state index contributed by atoms with van der Waals surface area (Å²) in [5.41, 5.74) is -1.57. The average molecular weight is 315 g/mol. The molecule has 0 fully saturated rings. The molecule has 0 aliphatic heterocycles. The molecule has 0 bridgehead atoms. The zero-order chi connectivity index (χ0) is 14.6. The summed E-state index contributed by atoms with van der Waals surface area (Å²) in [5.74, 6) is 0.333. The Morgan fingerprint density at radius 3 is 2.68 bits per heavy atom. The summed E-state index contributed by atoms with van der Waals surface area (Å²) in [4.78, 5) is 13.0. The molecular weight excluding hydrogens is 305 g/mol. The van der Waals surface area contributed by atoms with Crippen molar-refractivity contribution in [3.63, 3.8) is 0 Å². The van der Waals surface area contributed by atoms with E-state index in [1.165, 1.54) is 0 Å². The molecule has 1 heterocycles. The van der Waals surface area contributed by atoms with Crippen molar-refractivity contribution in [2.24, 2.45) is 0 Å². The van der Waals surface area contributed by atoms with Gasteiger partial charge in [0.25, 0.3) is 0 Å². The van der Waals surface area contributed by atoms with E-state index in [2.05, 4.69) is 4.98 Å². The van der Waals surface area contributed by atoms with Gasteiger partial charge in [-0.05, 0) is 12.5 Å². The van der Waals surface area contributed by atoms with Crippen LogP contribution in [0.3, 0.4) is 0 Å². The summed E-state index contributed by atoms with van der Waals surface area (Å²) >= 11 is 6.52. The van der Waals surface area contributed by atoms with E-state index in [9.17, 15) is 23.3 Å². The van der Waals surface area contributed by atoms with Gasteiger partial charge >= 0.3 is 11.9 Å². The Morgan fingerprint density at radius 2 is 2.21 bits per heavy atom. The lowest BCUT2D eigenvalue weighted by Crippen LogP contribution is -2.09. The van der Waals surface area contributed by atoms with Crippen LogP contribution in [0.1, 0.15) is 19.0 Å². The maximum Gasteiger partial charge on any atom is 0.433 e. The lowest BCUT2D eigenvalue weighted by atomic mass is 10.3. The Bertz CT molecular complexity index is 471. The van der Waals surface area contributed by atoms with Gasteiger partial charge in [-0.2, -0.15) is 13.2 Å². The van der Waals surface area contributed by atoms with Gasteiger partial charge in [0.05, 0.1) is 9.82 Å². The van der Waals surface area contributed by atoms with Crippen LogP contribution in [-0.4, -0.2) is 21.0 Å². The standard InChI is InChI=1S/C10H10ClF3N2O2S/c1-6(2-3-11)19-8-4-9(10(12,13)14)15-5-7(8)16(17)18/h4-6H,2-3H2,1H3. The van der Waals surface area contributed by atoms with Gasteiger partial charge in [-0.3, -0.25) is 10.1 Å². The third-order valence-corrected chi connectivity index (χ3v) is 3.61. The van der Waals surface area contributed by atoms with Crippen LogP contribution in [0.5, 0.6) is 0 Å². The fourth-order valence-electron chi connectivity index (χ4n) is 1.25. The van der Waals surface area contributed by atoms with Crippen LogP contribution in [0.2, 0.25) is 0 Å². The van der Waals surface area contributed by atoms with E-state index >= 15 is 0 Å². The Kier molecular flexibility index (Phi) is 5.42. The Labute approximate surface area is 116 Å². The number of pyridine rings is 1. The molecule has 0 aliphatic carbocycles. The van der Waals surface area contributed by atoms with Gasteiger partial charge < -0.3 is 0 Å². The van der Waals surface area contributed by atoms with E-state index in [4.69, 9.17) is 11.6 Å². The van der Waals surface area contributed by atoms with Crippen molar-refractivity contribution in [3.05, 3.63) is 28.1 Å². The number of thioether (sulfide) groups is 1. The van der Waals surface area contributed by atoms with Gasteiger partial charge in [-0.15, -0.1) is 23.4 Å². The predicted octanol–water partition coefficient (Wildman–Crippen LogP) is 4.12. The molecule has 0 N–H and O–H groups in total. The molecule has 0 saturated carbocycles. The minimum absolute atomic E-state index is 0.0510. The number of alkyl halides is 4. The molecular formula is C10H10ClF3N2O2S. The second kappa shape index (κ2) is 6.42. The summed E-state index contributed by atoms with van der Waals surface area (Å²) < 4.78 is 37.6. The van der Waals surface area contributed by atoms with Crippen molar-refractivity contribution in [2.45, 2.75) is 29.7 Å². The minimum Gasteiger partial charge on any atom is -0.258 e. The Hall–Kier alpha value is -1.02. The second-order valence-electron chi connectivity index (χ2n) is 3.70. The molecule has 1 atom stereocenters. The lowest BCUT2D eigenvalue weighted by molar-refractivity contribution is -0.388. The van der Waals surface area contributed by atoms with E-state index in [0.29, 0.717) is 24.6 Å². The molecule has 0 aromatic carbocycles. The van der Waals surface area contributed by atoms with E-state index in [1.54, 1.807) is 6.92 Å². The number of nitrogens with zero attached hydrogens (tertiary/aromatic N) is 2. The Balaban J connectivity index is 3.12. The van der Waals surface area contributed by atoms with Crippen LogP contribution < -0.4 is 0 Å². The van der Waals surface area contributed by atoms with Gasteiger partial charge in [0.1, 0.15) is 11.9 Å². The number of nitro groups is 1.